The second kappa shape index (κ2) is 9.37. The Balaban J connectivity index is 1.55. The van der Waals surface area contributed by atoms with Crippen molar-refractivity contribution in [1.29, 1.82) is 0 Å². The summed E-state index contributed by atoms with van der Waals surface area (Å²) in [5.41, 5.74) is 3.71. The Morgan fingerprint density at radius 1 is 1.08 bits per heavy atom. The standard InChI is InChI=1S/C22H30N4/c1-3-23-22(25-16-21-17(2)8-7-15-24-21)26-20-13-11-19(12-14-20)18-9-5-4-6-10-18/h4-10,15,19-20H,3,11-14,16H2,1-2H3,(H2,23,25,26). The van der Waals surface area contributed by atoms with Crippen molar-refractivity contribution in [2.45, 2.75) is 58.0 Å². The molecule has 1 aromatic carbocycles. The normalized spacial score (nSPS) is 20.6. The van der Waals surface area contributed by atoms with E-state index in [1.54, 1.807) is 0 Å². The van der Waals surface area contributed by atoms with Gasteiger partial charge in [-0.3, -0.25) is 4.98 Å². The van der Waals surface area contributed by atoms with E-state index in [0.717, 1.165) is 18.2 Å². The number of aromatic nitrogens is 1. The fourth-order valence-corrected chi connectivity index (χ4v) is 3.65. The summed E-state index contributed by atoms with van der Waals surface area (Å²) in [6.07, 6.45) is 6.68. The van der Waals surface area contributed by atoms with Crippen LogP contribution in [0, 0.1) is 6.92 Å². The molecule has 1 aliphatic carbocycles. The molecule has 0 unspecified atom stereocenters. The lowest BCUT2D eigenvalue weighted by Gasteiger charge is -2.30. The van der Waals surface area contributed by atoms with Gasteiger partial charge in [0.15, 0.2) is 5.96 Å². The zero-order valence-corrected chi connectivity index (χ0v) is 15.9. The van der Waals surface area contributed by atoms with Crippen LogP contribution in [-0.2, 0) is 6.54 Å². The molecule has 4 heteroatoms. The van der Waals surface area contributed by atoms with Gasteiger partial charge in [-0.05, 0) is 62.6 Å². The number of nitrogens with one attached hydrogen (secondary N) is 2. The van der Waals surface area contributed by atoms with Crippen LogP contribution < -0.4 is 10.6 Å². The average Bonchev–Trinajstić information content (AvgIpc) is 2.69. The van der Waals surface area contributed by atoms with Crippen LogP contribution >= 0.6 is 0 Å². The lowest BCUT2D eigenvalue weighted by Crippen LogP contribution is -2.44. The Kier molecular flexibility index (Phi) is 6.64. The van der Waals surface area contributed by atoms with Crippen molar-refractivity contribution in [3.8, 4) is 0 Å². The van der Waals surface area contributed by atoms with Crippen LogP contribution in [0.2, 0.25) is 0 Å². The average molecular weight is 351 g/mol. The maximum absolute atomic E-state index is 4.75. The molecule has 0 saturated heterocycles. The molecule has 1 fully saturated rings. The first-order valence-corrected chi connectivity index (χ1v) is 9.76. The van der Waals surface area contributed by atoms with Gasteiger partial charge >= 0.3 is 0 Å². The van der Waals surface area contributed by atoms with Crippen molar-refractivity contribution in [2.24, 2.45) is 4.99 Å². The first kappa shape index (κ1) is 18.4. The minimum atomic E-state index is 0.498. The van der Waals surface area contributed by atoms with Crippen molar-refractivity contribution in [2.75, 3.05) is 6.54 Å². The zero-order valence-electron chi connectivity index (χ0n) is 15.9. The van der Waals surface area contributed by atoms with E-state index >= 15 is 0 Å². The van der Waals surface area contributed by atoms with E-state index in [4.69, 9.17) is 4.99 Å². The first-order chi connectivity index (χ1) is 12.8. The smallest absolute Gasteiger partial charge is 0.191 e. The molecule has 1 heterocycles. The van der Waals surface area contributed by atoms with E-state index in [1.807, 2.05) is 12.3 Å². The summed E-state index contributed by atoms with van der Waals surface area (Å²) in [4.78, 5) is 9.19. The molecule has 2 aromatic rings. The Labute approximate surface area is 157 Å². The van der Waals surface area contributed by atoms with E-state index in [-0.39, 0.29) is 0 Å². The van der Waals surface area contributed by atoms with Gasteiger partial charge in [0.1, 0.15) is 0 Å². The predicted octanol–water partition coefficient (Wildman–Crippen LogP) is 4.17. The van der Waals surface area contributed by atoms with Gasteiger partial charge in [0.25, 0.3) is 0 Å². The molecule has 0 bridgehead atoms. The minimum Gasteiger partial charge on any atom is -0.357 e. The molecule has 1 saturated carbocycles. The van der Waals surface area contributed by atoms with Crippen molar-refractivity contribution < 1.29 is 0 Å². The number of aliphatic imine (C=N–C) groups is 1. The fraction of sp³-hybridized carbons (Fsp3) is 0.455. The highest BCUT2D eigenvalue weighted by Gasteiger charge is 2.22. The van der Waals surface area contributed by atoms with Gasteiger partial charge in [-0.15, -0.1) is 0 Å². The lowest BCUT2D eigenvalue weighted by atomic mass is 9.82. The SMILES string of the molecule is CCNC(=NCc1ncccc1C)NC1CCC(c2ccccc2)CC1. The second-order valence-electron chi connectivity index (χ2n) is 7.07. The topological polar surface area (TPSA) is 49.3 Å². The summed E-state index contributed by atoms with van der Waals surface area (Å²) in [6, 6.07) is 15.5. The molecule has 0 amide bonds. The Morgan fingerprint density at radius 3 is 2.54 bits per heavy atom. The first-order valence-electron chi connectivity index (χ1n) is 9.76. The molecular formula is C22H30N4. The molecular weight excluding hydrogens is 320 g/mol. The van der Waals surface area contributed by atoms with E-state index < -0.39 is 0 Å². The number of guanidine groups is 1. The predicted molar refractivity (Wildman–Crippen MR) is 108 cm³/mol. The van der Waals surface area contributed by atoms with Crippen LogP contribution in [-0.4, -0.2) is 23.5 Å². The molecule has 0 radical (unpaired) electrons. The van der Waals surface area contributed by atoms with Gasteiger partial charge in [-0.1, -0.05) is 36.4 Å². The van der Waals surface area contributed by atoms with Crippen molar-refractivity contribution in [3.63, 3.8) is 0 Å². The number of rotatable bonds is 5. The molecule has 1 aliphatic rings. The number of pyridine rings is 1. The zero-order chi connectivity index (χ0) is 18.2. The fourth-order valence-electron chi connectivity index (χ4n) is 3.65. The molecule has 138 valence electrons. The molecule has 0 aliphatic heterocycles. The Bertz CT molecular complexity index is 703. The number of aryl methyl sites for hydroxylation is 1. The molecule has 26 heavy (non-hydrogen) atoms. The van der Waals surface area contributed by atoms with Crippen LogP contribution in [0.4, 0.5) is 0 Å². The Hall–Kier alpha value is -2.36. The molecule has 4 nitrogen and oxygen atoms in total. The van der Waals surface area contributed by atoms with Gasteiger partial charge in [0.05, 0.1) is 12.2 Å². The van der Waals surface area contributed by atoms with Crippen LogP contribution in [0.15, 0.2) is 53.7 Å². The van der Waals surface area contributed by atoms with Gasteiger partial charge in [0, 0.05) is 18.8 Å². The van der Waals surface area contributed by atoms with Crippen LogP contribution in [0.3, 0.4) is 0 Å². The largest absolute Gasteiger partial charge is 0.357 e. The summed E-state index contributed by atoms with van der Waals surface area (Å²) in [5, 5.41) is 7.00. The van der Waals surface area contributed by atoms with Crippen LogP contribution in [0.5, 0.6) is 0 Å². The maximum Gasteiger partial charge on any atom is 0.191 e. The van der Waals surface area contributed by atoms with Gasteiger partial charge < -0.3 is 10.6 Å². The highest BCUT2D eigenvalue weighted by atomic mass is 15.2. The lowest BCUT2D eigenvalue weighted by molar-refractivity contribution is 0.371. The third-order valence-electron chi connectivity index (χ3n) is 5.19. The number of hydrogen-bond acceptors (Lipinski definition) is 2. The number of hydrogen-bond donors (Lipinski definition) is 2. The summed E-state index contributed by atoms with van der Waals surface area (Å²) in [5.74, 6) is 1.60. The second-order valence-corrected chi connectivity index (χ2v) is 7.07. The molecule has 2 N–H and O–H groups in total. The van der Waals surface area contributed by atoms with Crippen LogP contribution in [0.1, 0.15) is 55.3 Å². The quantitative estimate of drug-likeness (QED) is 0.628. The van der Waals surface area contributed by atoms with Crippen molar-refractivity contribution in [3.05, 3.63) is 65.5 Å². The van der Waals surface area contributed by atoms with Gasteiger partial charge in [-0.25, -0.2) is 4.99 Å². The summed E-state index contributed by atoms with van der Waals surface area (Å²) in [6.45, 7) is 5.67. The van der Waals surface area contributed by atoms with Gasteiger partial charge in [0.2, 0.25) is 0 Å². The summed E-state index contributed by atoms with van der Waals surface area (Å²) < 4.78 is 0. The molecule has 0 spiro atoms. The summed E-state index contributed by atoms with van der Waals surface area (Å²) in [7, 11) is 0. The van der Waals surface area contributed by atoms with Crippen molar-refractivity contribution >= 4 is 5.96 Å². The Morgan fingerprint density at radius 2 is 1.85 bits per heavy atom. The number of nitrogens with zero attached hydrogens (tertiary/aromatic N) is 2. The van der Waals surface area contributed by atoms with E-state index in [1.165, 1.54) is 36.8 Å². The number of benzene rings is 1. The maximum atomic E-state index is 4.75. The van der Waals surface area contributed by atoms with Crippen molar-refractivity contribution in [1.82, 2.24) is 15.6 Å². The van der Waals surface area contributed by atoms with E-state index in [2.05, 4.69) is 65.9 Å². The monoisotopic (exact) mass is 350 g/mol. The van der Waals surface area contributed by atoms with E-state index in [9.17, 15) is 0 Å². The highest BCUT2D eigenvalue weighted by Crippen LogP contribution is 2.32. The molecule has 3 rings (SSSR count). The summed E-state index contributed by atoms with van der Waals surface area (Å²) >= 11 is 0. The van der Waals surface area contributed by atoms with Gasteiger partial charge in [-0.2, -0.15) is 0 Å². The molecule has 0 atom stereocenters. The minimum absolute atomic E-state index is 0.498. The van der Waals surface area contributed by atoms with Crippen LogP contribution in [0.25, 0.3) is 0 Å². The molecule has 1 aromatic heterocycles. The third kappa shape index (κ3) is 5.07. The highest BCUT2D eigenvalue weighted by molar-refractivity contribution is 5.80. The van der Waals surface area contributed by atoms with E-state index in [0.29, 0.717) is 18.5 Å². The third-order valence-corrected chi connectivity index (χ3v) is 5.19.